The molecule has 1 aliphatic rings. The first-order chi connectivity index (χ1) is 11.4. The van der Waals surface area contributed by atoms with Crippen LogP contribution in [0.2, 0.25) is 0 Å². The summed E-state index contributed by atoms with van der Waals surface area (Å²) in [6.45, 7) is 2.89. The maximum Gasteiger partial charge on any atom is 0.244 e. The third kappa shape index (κ3) is 3.75. The van der Waals surface area contributed by atoms with E-state index in [1.807, 2.05) is 6.07 Å². The monoisotopic (exact) mass is 350 g/mol. The van der Waals surface area contributed by atoms with E-state index in [1.54, 1.807) is 19.1 Å². The number of amides is 1. The van der Waals surface area contributed by atoms with Crippen molar-refractivity contribution in [3.05, 3.63) is 29.3 Å². The Hall–Kier alpha value is -1.95. The molecule has 7 nitrogen and oxygen atoms in total. The molecule has 0 aromatic heterocycles. The van der Waals surface area contributed by atoms with Crippen LogP contribution in [-0.4, -0.2) is 44.8 Å². The molecule has 1 aliphatic heterocycles. The molecule has 1 saturated heterocycles. The summed E-state index contributed by atoms with van der Waals surface area (Å²) in [6, 6.07) is 6.74. The Labute approximate surface area is 142 Å². The second-order valence-electron chi connectivity index (χ2n) is 5.84. The van der Waals surface area contributed by atoms with Gasteiger partial charge in [-0.05, 0) is 31.4 Å². The Balaban J connectivity index is 2.25. The molecule has 1 aromatic carbocycles. The predicted molar refractivity (Wildman–Crippen MR) is 89.4 cm³/mol. The highest BCUT2D eigenvalue weighted by Crippen LogP contribution is 2.27. The highest BCUT2D eigenvalue weighted by molar-refractivity contribution is 7.89. The molecular weight excluding hydrogens is 328 g/mol. The number of benzene rings is 1. The minimum atomic E-state index is -3.81. The summed E-state index contributed by atoms with van der Waals surface area (Å²) in [6.07, 6.45) is 1.25. The van der Waals surface area contributed by atoms with Gasteiger partial charge >= 0.3 is 0 Å². The van der Waals surface area contributed by atoms with E-state index in [2.05, 4.69) is 5.32 Å². The maximum absolute atomic E-state index is 12.9. The molecule has 0 saturated carbocycles. The van der Waals surface area contributed by atoms with Gasteiger partial charge in [0.25, 0.3) is 0 Å². The van der Waals surface area contributed by atoms with Crippen LogP contribution < -0.4 is 11.1 Å². The van der Waals surface area contributed by atoms with Crippen LogP contribution in [0.1, 0.15) is 24.0 Å². The van der Waals surface area contributed by atoms with Crippen LogP contribution >= 0.6 is 0 Å². The SMILES string of the molecule is Cc1cccc(S(=O)(=O)N2CCCC(C(=O)NCCN)C2)c1C#N. The first-order valence-electron chi connectivity index (χ1n) is 7.89. The van der Waals surface area contributed by atoms with Gasteiger partial charge in [-0.1, -0.05) is 12.1 Å². The Morgan fingerprint density at radius 1 is 1.50 bits per heavy atom. The fraction of sp³-hybridized carbons (Fsp3) is 0.500. The van der Waals surface area contributed by atoms with Crippen LogP contribution in [0.25, 0.3) is 0 Å². The van der Waals surface area contributed by atoms with E-state index >= 15 is 0 Å². The van der Waals surface area contributed by atoms with Gasteiger partial charge < -0.3 is 11.1 Å². The van der Waals surface area contributed by atoms with Gasteiger partial charge in [0.05, 0.1) is 11.5 Å². The standard InChI is InChI=1S/C16H22N4O3S/c1-12-4-2-6-15(14(12)10-18)24(22,23)20-9-3-5-13(11-20)16(21)19-8-7-17/h2,4,6,13H,3,5,7-9,11,17H2,1H3,(H,19,21). The minimum Gasteiger partial charge on any atom is -0.355 e. The van der Waals surface area contributed by atoms with Crippen molar-refractivity contribution in [1.29, 1.82) is 5.26 Å². The van der Waals surface area contributed by atoms with Gasteiger partial charge in [-0.25, -0.2) is 8.42 Å². The molecule has 1 atom stereocenters. The number of hydrogen-bond acceptors (Lipinski definition) is 5. The van der Waals surface area contributed by atoms with E-state index in [0.717, 1.165) is 0 Å². The molecule has 3 N–H and O–H groups in total. The van der Waals surface area contributed by atoms with E-state index in [-0.39, 0.29) is 22.9 Å². The molecule has 1 fully saturated rings. The lowest BCUT2D eigenvalue weighted by atomic mass is 9.99. The number of piperidine rings is 1. The Bertz CT molecular complexity index is 755. The Morgan fingerprint density at radius 2 is 2.25 bits per heavy atom. The predicted octanol–water partition coefficient (Wildman–Crippen LogP) is 0.342. The lowest BCUT2D eigenvalue weighted by Gasteiger charge is -2.31. The number of nitriles is 1. The van der Waals surface area contributed by atoms with E-state index in [4.69, 9.17) is 5.73 Å². The molecule has 1 amide bonds. The van der Waals surface area contributed by atoms with Crippen LogP contribution in [0.4, 0.5) is 0 Å². The first kappa shape index (κ1) is 18.4. The summed E-state index contributed by atoms with van der Waals surface area (Å²) in [4.78, 5) is 12.1. The normalized spacial score (nSPS) is 18.8. The number of hydrogen-bond donors (Lipinski definition) is 2. The number of carbonyl (C=O) groups is 1. The van der Waals surface area contributed by atoms with Crippen molar-refractivity contribution in [1.82, 2.24) is 9.62 Å². The zero-order chi connectivity index (χ0) is 17.7. The van der Waals surface area contributed by atoms with Gasteiger partial charge in [-0.15, -0.1) is 0 Å². The maximum atomic E-state index is 12.9. The highest BCUT2D eigenvalue weighted by Gasteiger charge is 2.34. The Morgan fingerprint density at radius 3 is 2.92 bits per heavy atom. The largest absolute Gasteiger partial charge is 0.355 e. The fourth-order valence-electron chi connectivity index (χ4n) is 2.85. The summed E-state index contributed by atoms with van der Waals surface area (Å²) in [5.41, 5.74) is 6.15. The van der Waals surface area contributed by atoms with E-state index < -0.39 is 15.9 Å². The summed E-state index contributed by atoms with van der Waals surface area (Å²) in [5.74, 6) is -0.569. The van der Waals surface area contributed by atoms with Crippen molar-refractivity contribution in [3.63, 3.8) is 0 Å². The molecule has 0 aliphatic carbocycles. The van der Waals surface area contributed by atoms with Crippen molar-refractivity contribution in [2.45, 2.75) is 24.7 Å². The van der Waals surface area contributed by atoms with Crippen molar-refractivity contribution in [2.24, 2.45) is 11.7 Å². The lowest BCUT2D eigenvalue weighted by molar-refractivity contribution is -0.126. The summed E-state index contributed by atoms with van der Waals surface area (Å²) in [7, 11) is -3.81. The molecule has 0 spiro atoms. The molecule has 8 heteroatoms. The van der Waals surface area contributed by atoms with Gasteiger partial charge in [0.15, 0.2) is 0 Å². The molecule has 0 radical (unpaired) electrons. The number of aryl methyl sites for hydroxylation is 1. The molecule has 24 heavy (non-hydrogen) atoms. The van der Waals surface area contributed by atoms with Gasteiger partial charge in [-0.2, -0.15) is 9.57 Å². The van der Waals surface area contributed by atoms with Crippen molar-refractivity contribution in [3.8, 4) is 6.07 Å². The first-order valence-corrected chi connectivity index (χ1v) is 9.33. The average Bonchev–Trinajstić information content (AvgIpc) is 2.59. The molecule has 1 unspecified atom stereocenters. The number of nitrogens with two attached hydrogens (primary N) is 1. The molecular formula is C16H22N4O3S. The quantitative estimate of drug-likeness (QED) is 0.794. The van der Waals surface area contributed by atoms with Crippen LogP contribution in [0.15, 0.2) is 23.1 Å². The topological polar surface area (TPSA) is 116 Å². The van der Waals surface area contributed by atoms with Crippen LogP contribution in [-0.2, 0) is 14.8 Å². The second kappa shape index (κ2) is 7.75. The van der Waals surface area contributed by atoms with E-state index in [9.17, 15) is 18.5 Å². The fourth-order valence-corrected chi connectivity index (χ4v) is 4.59. The van der Waals surface area contributed by atoms with E-state index in [0.29, 0.717) is 38.0 Å². The van der Waals surface area contributed by atoms with Crippen LogP contribution in [0.3, 0.4) is 0 Å². The number of nitrogens with one attached hydrogen (secondary N) is 1. The molecule has 2 rings (SSSR count). The third-order valence-corrected chi connectivity index (χ3v) is 6.07. The van der Waals surface area contributed by atoms with Gasteiger partial charge in [0.2, 0.25) is 15.9 Å². The molecule has 1 aromatic rings. The molecule has 130 valence electrons. The number of carbonyl (C=O) groups excluding carboxylic acids is 1. The average molecular weight is 350 g/mol. The van der Waals surface area contributed by atoms with Crippen LogP contribution in [0.5, 0.6) is 0 Å². The number of sulfonamides is 1. The van der Waals surface area contributed by atoms with E-state index in [1.165, 1.54) is 10.4 Å². The highest BCUT2D eigenvalue weighted by atomic mass is 32.2. The summed E-state index contributed by atoms with van der Waals surface area (Å²) >= 11 is 0. The second-order valence-corrected chi connectivity index (χ2v) is 7.75. The summed E-state index contributed by atoms with van der Waals surface area (Å²) in [5, 5.41) is 12.0. The zero-order valence-corrected chi connectivity index (χ0v) is 14.5. The van der Waals surface area contributed by atoms with Crippen LogP contribution in [0, 0.1) is 24.2 Å². The zero-order valence-electron chi connectivity index (χ0n) is 13.7. The Kier molecular flexibility index (Phi) is 5.94. The minimum absolute atomic E-state index is 0.00742. The van der Waals surface area contributed by atoms with Gasteiger partial charge in [-0.3, -0.25) is 4.79 Å². The third-order valence-electron chi connectivity index (χ3n) is 4.16. The summed E-state index contributed by atoms with van der Waals surface area (Å²) < 4.78 is 27.2. The molecule has 0 bridgehead atoms. The smallest absolute Gasteiger partial charge is 0.244 e. The van der Waals surface area contributed by atoms with Gasteiger partial charge in [0, 0.05) is 26.2 Å². The van der Waals surface area contributed by atoms with Crippen molar-refractivity contribution < 1.29 is 13.2 Å². The van der Waals surface area contributed by atoms with Gasteiger partial charge in [0.1, 0.15) is 11.0 Å². The van der Waals surface area contributed by atoms with Crippen molar-refractivity contribution in [2.75, 3.05) is 26.2 Å². The molecule has 1 heterocycles. The van der Waals surface area contributed by atoms with Crippen molar-refractivity contribution >= 4 is 15.9 Å². The number of nitrogens with zero attached hydrogens (tertiary/aromatic N) is 2. The lowest BCUT2D eigenvalue weighted by Crippen LogP contribution is -2.46. The number of rotatable bonds is 5.